The fourth-order valence-electron chi connectivity index (χ4n) is 3.00. The Kier molecular flexibility index (Phi) is 7.99. The lowest BCUT2D eigenvalue weighted by Gasteiger charge is -2.12. The molecule has 1 N–H and O–H groups in total. The van der Waals surface area contributed by atoms with Gasteiger partial charge in [-0.25, -0.2) is 0 Å². The quantitative estimate of drug-likeness (QED) is 0.187. The minimum atomic E-state index is -1.06. The zero-order chi connectivity index (χ0) is 22.9. The van der Waals surface area contributed by atoms with Crippen LogP contribution in [0, 0.1) is 10.1 Å². The molecule has 3 aromatic rings. The molecule has 0 amide bonds. The van der Waals surface area contributed by atoms with E-state index in [0.29, 0.717) is 17.1 Å². The van der Waals surface area contributed by atoms with Crippen LogP contribution in [0.25, 0.3) is 11.1 Å². The molecular formula is C24H21NO6S. The number of hydrogen-bond acceptors (Lipinski definition) is 6. The van der Waals surface area contributed by atoms with Gasteiger partial charge in [-0.1, -0.05) is 54.6 Å². The summed E-state index contributed by atoms with van der Waals surface area (Å²) >= 11 is 1.13. The minimum absolute atomic E-state index is 0.0343. The van der Waals surface area contributed by atoms with E-state index >= 15 is 0 Å². The van der Waals surface area contributed by atoms with Crippen LogP contribution in [0.4, 0.5) is 5.69 Å². The highest BCUT2D eigenvalue weighted by Gasteiger charge is 2.22. The third kappa shape index (κ3) is 6.42. The molecule has 164 valence electrons. The first-order chi connectivity index (χ1) is 15.4. The smallest absolute Gasteiger partial charge is 0.317 e. The molecule has 3 rings (SSSR count). The zero-order valence-corrected chi connectivity index (χ0v) is 17.9. The first-order valence-corrected chi connectivity index (χ1v) is 10.9. The van der Waals surface area contributed by atoms with Gasteiger partial charge in [0, 0.05) is 29.9 Å². The van der Waals surface area contributed by atoms with E-state index in [1.165, 1.54) is 24.3 Å². The number of hydrogen-bond donors (Lipinski definition) is 1. The molecule has 0 aliphatic heterocycles. The summed E-state index contributed by atoms with van der Waals surface area (Å²) < 4.78 is 5.49. The number of carboxylic acid groups (broad SMARTS) is 1. The lowest BCUT2D eigenvalue weighted by molar-refractivity contribution is -0.384. The van der Waals surface area contributed by atoms with Crippen molar-refractivity contribution in [3.05, 3.63) is 94.5 Å². The molecule has 0 aliphatic rings. The molecule has 0 fully saturated rings. The summed E-state index contributed by atoms with van der Waals surface area (Å²) in [6, 6.07) is 22.5. The van der Waals surface area contributed by atoms with Crippen molar-refractivity contribution >= 4 is 29.2 Å². The Labute approximate surface area is 189 Å². The van der Waals surface area contributed by atoms with Crippen LogP contribution in [-0.2, 0) is 4.79 Å². The Balaban J connectivity index is 1.50. The highest BCUT2D eigenvalue weighted by atomic mass is 32.2. The van der Waals surface area contributed by atoms with Crippen LogP contribution in [-0.4, -0.2) is 39.4 Å². The molecule has 1 unspecified atom stereocenters. The fraction of sp³-hybridized carbons (Fsp3) is 0.167. The summed E-state index contributed by atoms with van der Waals surface area (Å²) in [6.07, 6.45) is -0.123. The number of thioether (sulfide) groups is 1. The van der Waals surface area contributed by atoms with Gasteiger partial charge in [0.15, 0.2) is 5.78 Å². The summed E-state index contributed by atoms with van der Waals surface area (Å²) in [5.41, 5.74) is 2.46. The normalized spacial score (nSPS) is 11.5. The van der Waals surface area contributed by atoms with E-state index in [4.69, 9.17) is 4.74 Å². The average Bonchev–Trinajstić information content (AvgIpc) is 2.81. The Morgan fingerprint density at radius 2 is 1.56 bits per heavy atom. The Bertz CT molecular complexity index is 1070. The van der Waals surface area contributed by atoms with Crippen molar-refractivity contribution in [2.75, 3.05) is 12.4 Å². The Morgan fingerprint density at radius 3 is 2.16 bits per heavy atom. The molecule has 0 bridgehead atoms. The maximum atomic E-state index is 12.6. The largest absolute Gasteiger partial charge is 0.493 e. The molecule has 0 heterocycles. The highest BCUT2D eigenvalue weighted by Crippen LogP contribution is 2.23. The molecule has 8 heteroatoms. The SMILES string of the molecule is O=C(CC(SCCOc1ccc([N+](=O)[O-])cc1)C(=O)O)c1ccc(-c2ccccc2)cc1. The molecule has 0 aromatic heterocycles. The van der Waals surface area contributed by atoms with Crippen molar-refractivity contribution < 1.29 is 24.4 Å². The topological polar surface area (TPSA) is 107 Å². The van der Waals surface area contributed by atoms with Gasteiger partial charge < -0.3 is 9.84 Å². The van der Waals surface area contributed by atoms with E-state index in [-0.39, 0.29) is 24.5 Å². The number of Topliss-reactive ketones (excluding diaryl/α,β-unsaturated/α-hetero) is 1. The van der Waals surface area contributed by atoms with Crippen LogP contribution < -0.4 is 4.74 Å². The van der Waals surface area contributed by atoms with Crippen LogP contribution in [0.1, 0.15) is 16.8 Å². The molecule has 32 heavy (non-hydrogen) atoms. The van der Waals surface area contributed by atoms with Gasteiger partial charge in [0.2, 0.25) is 0 Å². The molecular weight excluding hydrogens is 430 g/mol. The summed E-state index contributed by atoms with van der Waals surface area (Å²) in [5.74, 6) is -0.480. The lowest BCUT2D eigenvalue weighted by atomic mass is 10.0. The molecule has 0 radical (unpaired) electrons. The predicted octanol–water partition coefficient (Wildman–Crippen LogP) is 5.10. The monoisotopic (exact) mass is 451 g/mol. The van der Waals surface area contributed by atoms with Gasteiger partial charge in [-0.15, -0.1) is 11.8 Å². The van der Waals surface area contributed by atoms with Gasteiger partial charge in [0.05, 0.1) is 11.5 Å². The molecule has 0 saturated carbocycles. The van der Waals surface area contributed by atoms with E-state index in [9.17, 15) is 24.8 Å². The number of nitro groups is 1. The van der Waals surface area contributed by atoms with Gasteiger partial charge in [0.25, 0.3) is 5.69 Å². The number of aliphatic carboxylic acids is 1. The van der Waals surface area contributed by atoms with Gasteiger partial charge in [-0.3, -0.25) is 19.7 Å². The van der Waals surface area contributed by atoms with Crippen LogP contribution in [0.3, 0.4) is 0 Å². The summed E-state index contributed by atoms with van der Waals surface area (Å²) in [5, 5.41) is 19.3. The number of rotatable bonds is 11. The lowest BCUT2D eigenvalue weighted by Crippen LogP contribution is -2.22. The number of carbonyl (C=O) groups excluding carboxylic acids is 1. The number of benzene rings is 3. The molecule has 3 aromatic carbocycles. The summed E-state index contributed by atoms with van der Waals surface area (Å²) in [4.78, 5) is 34.3. The first kappa shape index (κ1) is 23.0. The number of ketones is 1. The second kappa shape index (κ2) is 11.1. The van der Waals surface area contributed by atoms with E-state index < -0.39 is 16.1 Å². The van der Waals surface area contributed by atoms with Crippen LogP contribution in [0.5, 0.6) is 5.75 Å². The third-order valence-electron chi connectivity index (χ3n) is 4.68. The second-order valence-electron chi connectivity index (χ2n) is 6.87. The van der Waals surface area contributed by atoms with Crippen molar-refractivity contribution in [2.45, 2.75) is 11.7 Å². The maximum absolute atomic E-state index is 12.6. The van der Waals surface area contributed by atoms with E-state index in [1.807, 2.05) is 42.5 Å². The van der Waals surface area contributed by atoms with Crippen LogP contribution in [0.15, 0.2) is 78.9 Å². The number of nitrogens with zero attached hydrogens (tertiary/aromatic N) is 1. The second-order valence-corrected chi connectivity index (χ2v) is 8.18. The Morgan fingerprint density at radius 1 is 0.938 bits per heavy atom. The third-order valence-corrected chi connectivity index (χ3v) is 5.85. The molecule has 0 saturated heterocycles. The van der Waals surface area contributed by atoms with Crippen molar-refractivity contribution in [3.8, 4) is 16.9 Å². The summed E-state index contributed by atoms with van der Waals surface area (Å²) in [7, 11) is 0. The van der Waals surface area contributed by atoms with Crippen molar-refractivity contribution in [3.63, 3.8) is 0 Å². The van der Waals surface area contributed by atoms with Crippen LogP contribution in [0.2, 0.25) is 0 Å². The van der Waals surface area contributed by atoms with Gasteiger partial charge >= 0.3 is 5.97 Å². The Hall–Kier alpha value is -3.65. The van der Waals surface area contributed by atoms with Gasteiger partial charge in [-0.05, 0) is 23.3 Å². The molecule has 0 spiro atoms. The molecule has 0 aliphatic carbocycles. The van der Waals surface area contributed by atoms with Gasteiger partial charge in [-0.2, -0.15) is 0 Å². The van der Waals surface area contributed by atoms with Crippen molar-refractivity contribution in [1.29, 1.82) is 0 Å². The number of non-ortho nitro benzene ring substituents is 1. The minimum Gasteiger partial charge on any atom is -0.493 e. The maximum Gasteiger partial charge on any atom is 0.317 e. The number of nitro benzene ring substituents is 1. The fourth-order valence-corrected chi connectivity index (χ4v) is 3.87. The molecule has 7 nitrogen and oxygen atoms in total. The standard InChI is InChI=1S/C24H21NO6S/c26-22(19-8-6-18(7-9-19)17-4-2-1-3-5-17)16-23(24(27)28)32-15-14-31-21-12-10-20(11-13-21)25(29)30/h1-13,23H,14-16H2,(H,27,28). The molecule has 1 atom stereocenters. The predicted molar refractivity (Wildman–Crippen MR) is 123 cm³/mol. The van der Waals surface area contributed by atoms with E-state index in [0.717, 1.165) is 22.9 Å². The van der Waals surface area contributed by atoms with Gasteiger partial charge in [0.1, 0.15) is 11.0 Å². The summed E-state index contributed by atoms with van der Waals surface area (Å²) in [6.45, 7) is 0.215. The van der Waals surface area contributed by atoms with E-state index in [2.05, 4.69) is 0 Å². The highest BCUT2D eigenvalue weighted by molar-refractivity contribution is 8.00. The number of carbonyl (C=O) groups is 2. The van der Waals surface area contributed by atoms with Crippen molar-refractivity contribution in [2.24, 2.45) is 0 Å². The van der Waals surface area contributed by atoms with E-state index in [1.54, 1.807) is 12.1 Å². The average molecular weight is 452 g/mol. The number of carboxylic acids is 1. The van der Waals surface area contributed by atoms with Crippen LogP contribution >= 0.6 is 11.8 Å². The van der Waals surface area contributed by atoms with Crippen molar-refractivity contribution in [1.82, 2.24) is 0 Å². The zero-order valence-electron chi connectivity index (χ0n) is 17.0. The first-order valence-electron chi connectivity index (χ1n) is 9.84. The number of ether oxygens (including phenoxy) is 1.